The number of hydrogen-bond acceptors (Lipinski definition) is 6. The number of carbonyl (C=O) groups is 2. The highest BCUT2D eigenvalue weighted by Crippen LogP contribution is 2.36. The second-order valence-electron chi connectivity index (χ2n) is 5.28. The summed E-state index contributed by atoms with van der Waals surface area (Å²) in [4.78, 5) is 24.0. The number of rotatable bonds is 7. The third-order valence-corrected chi connectivity index (χ3v) is 4.17. The SMILES string of the molecule is CCOc1c(Br)cc(C(=O)NCc2cc(C(=O)OC)c(C)o2)cc1OC. The van der Waals surface area contributed by atoms with E-state index in [1.807, 2.05) is 6.92 Å². The Morgan fingerprint density at radius 1 is 1.23 bits per heavy atom. The number of carbonyl (C=O) groups excluding carboxylic acids is 2. The highest BCUT2D eigenvalue weighted by atomic mass is 79.9. The van der Waals surface area contributed by atoms with Crippen LogP contribution in [0.25, 0.3) is 0 Å². The molecule has 2 aromatic rings. The molecule has 0 spiro atoms. The van der Waals surface area contributed by atoms with Crippen molar-refractivity contribution in [2.45, 2.75) is 20.4 Å². The number of nitrogens with one attached hydrogen (secondary N) is 1. The first kappa shape index (κ1) is 19.8. The first-order valence-electron chi connectivity index (χ1n) is 7.87. The van der Waals surface area contributed by atoms with Gasteiger partial charge in [-0.05, 0) is 48.0 Å². The molecule has 0 aliphatic carbocycles. The zero-order valence-electron chi connectivity index (χ0n) is 15.0. The highest BCUT2D eigenvalue weighted by Gasteiger charge is 2.18. The molecule has 1 amide bonds. The van der Waals surface area contributed by atoms with Crippen LogP contribution < -0.4 is 14.8 Å². The average molecular weight is 426 g/mol. The average Bonchev–Trinajstić information content (AvgIpc) is 3.01. The lowest BCUT2D eigenvalue weighted by Crippen LogP contribution is -2.22. The van der Waals surface area contributed by atoms with E-state index in [0.717, 1.165) is 0 Å². The molecule has 0 aliphatic rings. The van der Waals surface area contributed by atoms with Gasteiger partial charge in [0.25, 0.3) is 5.91 Å². The van der Waals surface area contributed by atoms with Crippen molar-refractivity contribution in [2.75, 3.05) is 20.8 Å². The monoisotopic (exact) mass is 425 g/mol. The summed E-state index contributed by atoms with van der Waals surface area (Å²) in [6.45, 7) is 4.12. The largest absolute Gasteiger partial charge is 0.493 e. The van der Waals surface area contributed by atoms with E-state index in [4.69, 9.17) is 13.9 Å². The fourth-order valence-electron chi connectivity index (χ4n) is 2.35. The molecule has 8 heteroatoms. The number of aryl methyl sites for hydroxylation is 1. The minimum absolute atomic E-state index is 0.129. The van der Waals surface area contributed by atoms with E-state index in [1.54, 1.807) is 25.1 Å². The van der Waals surface area contributed by atoms with Crippen molar-refractivity contribution in [3.8, 4) is 11.5 Å². The molecule has 0 saturated heterocycles. The van der Waals surface area contributed by atoms with Crippen molar-refractivity contribution in [2.24, 2.45) is 0 Å². The number of hydrogen-bond donors (Lipinski definition) is 1. The minimum atomic E-state index is -0.482. The molecule has 1 aromatic carbocycles. The first-order valence-corrected chi connectivity index (χ1v) is 8.66. The van der Waals surface area contributed by atoms with Gasteiger partial charge in [0.1, 0.15) is 17.1 Å². The van der Waals surface area contributed by atoms with Gasteiger partial charge in [-0.3, -0.25) is 4.79 Å². The van der Waals surface area contributed by atoms with Gasteiger partial charge in [-0.1, -0.05) is 0 Å². The number of methoxy groups -OCH3 is 2. The van der Waals surface area contributed by atoms with Crippen LogP contribution in [0.5, 0.6) is 11.5 Å². The van der Waals surface area contributed by atoms with Crippen molar-refractivity contribution >= 4 is 27.8 Å². The lowest BCUT2D eigenvalue weighted by Gasteiger charge is -2.13. The Bertz CT molecular complexity index is 814. The Kier molecular flexibility index (Phi) is 6.68. The third kappa shape index (κ3) is 4.37. The van der Waals surface area contributed by atoms with E-state index in [0.29, 0.717) is 45.2 Å². The summed E-state index contributed by atoms with van der Waals surface area (Å²) in [7, 11) is 2.80. The number of esters is 1. The number of benzene rings is 1. The van der Waals surface area contributed by atoms with E-state index < -0.39 is 5.97 Å². The van der Waals surface area contributed by atoms with E-state index in [2.05, 4.69) is 26.0 Å². The van der Waals surface area contributed by atoms with Crippen molar-refractivity contribution in [1.29, 1.82) is 0 Å². The normalized spacial score (nSPS) is 10.3. The van der Waals surface area contributed by atoms with Gasteiger partial charge in [0.05, 0.1) is 31.8 Å². The zero-order valence-corrected chi connectivity index (χ0v) is 16.6. The van der Waals surface area contributed by atoms with E-state index >= 15 is 0 Å². The second kappa shape index (κ2) is 8.75. The molecule has 1 aromatic heterocycles. The third-order valence-electron chi connectivity index (χ3n) is 3.58. The molecule has 2 rings (SSSR count). The van der Waals surface area contributed by atoms with Gasteiger partial charge in [-0.2, -0.15) is 0 Å². The second-order valence-corrected chi connectivity index (χ2v) is 6.13. The molecular formula is C18H20BrNO6. The van der Waals surface area contributed by atoms with Gasteiger partial charge in [-0.25, -0.2) is 4.79 Å². The van der Waals surface area contributed by atoms with Crippen LogP contribution in [0.15, 0.2) is 27.1 Å². The molecule has 1 N–H and O–H groups in total. The lowest BCUT2D eigenvalue weighted by molar-refractivity contribution is 0.0598. The Morgan fingerprint density at radius 3 is 2.58 bits per heavy atom. The van der Waals surface area contributed by atoms with Gasteiger partial charge in [0.15, 0.2) is 11.5 Å². The predicted octanol–water partition coefficient (Wildman–Crippen LogP) is 3.47. The molecule has 26 heavy (non-hydrogen) atoms. The van der Waals surface area contributed by atoms with Crippen LogP contribution in [0.4, 0.5) is 0 Å². The van der Waals surface area contributed by atoms with Crippen LogP contribution in [0, 0.1) is 6.92 Å². The van der Waals surface area contributed by atoms with E-state index in [-0.39, 0.29) is 12.5 Å². The summed E-state index contributed by atoms with van der Waals surface area (Å²) in [6.07, 6.45) is 0. The molecule has 1 heterocycles. The summed E-state index contributed by atoms with van der Waals surface area (Å²) in [5, 5.41) is 2.74. The van der Waals surface area contributed by atoms with Crippen LogP contribution in [-0.2, 0) is 11.3 Å². The molecule has 0 unspecified atom stereocenters. The van der Waals surface area contributed by atoms with Crippen LogP contribution in [0.3, 0.4) is 0 Å². The molecule has 0 fully saturated rings. The Balaban J connectivity index is 2.13. The molecular weight excluding hydrogens is 406 g/mol. The first-order chi connectivity index (χ1) is 12.4. The quantitative estimate of drug-likeness (QED) is 0.683. The zero-order chi connectivity index (χ0) is 19.3. The fraction of sp³-hybridized carbons (Fsp3) is 0.333. The number of halogens is 1. The maximum absolute atomic E-state index is 12.4. The molecule has 0 bridgehead atoms. The van der Waals surface area contributed by atoms with Crippen molar-refractivity contribution in [1.82, 2.24) is 5.32 Å². The van der Waals surface area contributed by atoms with Gasteiger partial charge >= 0.3 is 5.97 Å². The van der Waals surface area contributed by atoms with Crippen LogP contribution in [0.2, 0.25) is 0 Å². The van der Waals surface area contributed by atoms with Crippen LogP contribution in [0.1, 0.15) is 39.2 Å². The Labute approximate surface area is 159 Å². The van der Waals surface area contributed by atoms with Gasteiger partial charge in [0, 0.05) is 5.56 Å². The van der Waals surface area contributed by atoms with Gasteiger partial charge in [0.2, 0.25) is 0 Å². The number of amides is 1. The summed E-state index contributed by atoms with van der Waals surface area (Å²) in [5.74, 6) is 1.08. The van der Waals surface area contributed by atoms with E-state index in [1.165, 1.54) is 14.2 Å². The molecule has 7 nitrogen and oxygen atoms in total. The Morgan fingerprint density at radius 2 is 1.96 bits per heavy atom. The lowest BCUT2D eigenvalue weighted by atomic mass is 10.2. The van der Waals surface area contributed by atoms with Gasteiger partial charge < -0.3 is 23.9 Å². The van der Waals surface area contributed by atoms with Gasteiger partial charge in [-0.15, -0.1) is 0 Å². The maximum Gasteiger partial charge on any atom is 0.341 e. The summed E-state index contributed by atoms with van der Waals surface area (Å²) >= 11 is 3.39. The number of furan rings is 1. The van der Waals surface area contributed by atoms with Crippen molar-refractivity contribution in [3.63, 3.8) is 0 Å². The molecule has 0 atom stereocenters. The molecule has 0 radical (unpaired) electrons. The summed E-state index contributed by atoms with van der Waals surface area (Å²) in [6, 6.07) is 4.80. The molecule has 140 valence electrons. The van der Waals surface area contributed by atoms with Crippen molar-refractivity contribution < 1.29 is 28.2 Å². The van der Waals surface area contributed by atoms with Crippen LogP contribution >= 0.6 is 15.9 Å². The standard InChI is InChI=1S/C18H20BrNO6/c1-5-25-16-14(19)6-11(7-15(16)23-3)17(21)20-9-12-8-13(10(2)26-12)18(22)24-4/h6-8H,5,9H2,1-4H3,(H,20,21). The minimum Gasteiger partial charge on any atom is -0.493 e. The van der Waals surface area contributed by atoms with Crippen molar-refractivity contribution in [3.05, 3.63) is 45.3 Å². The smallest absolute Gasteiger partial charge is 0.341 e. The summed E-state index contributed by atoms with van der Waals surface area (Å²) in [5.41, 5.74) is 0.732. The van der Waals surface area contributed by atoms with E-state index in [9.17, 15) is 9.59 Å². The molecule has 0 saturated carbocycles. The summed E-state index contributed by atoms with van der Waals surface area (Å²) < 4.78 is 21.6. The number of ether oxygens (including phenoxy) is 3. The Hall–Kier alpha value is -2.48. The molecule has 0 aliphatic heterocycles. The topological polar surface area (TPSA) is 87.0 Å². The highest BCUT2D eigenvalue weighted by molar-refractivity contribution is 9.10. The van der Waals surface area contributed by atoms with Crippen LogP contribution in [-0.4, -0.2) is 32.7 Å². The predicted molar refractivity (Wildman–Crippen MR) is 97.8 cm³/mol. The maximum atomic E-state index is 12.4. The fourth-order valence-corrected chi connectivity index (χ4v) is 2.90.